The van der Waals surface area contributed by atoms with Gasteiger partial charge in [0.15, 0.2) is 0 Å². The summed E-state index contributed by atoms with van der Waals surface area (Å²) in [6.07, 6.45) is 4.54. The Morgan fingerprint density at radius 2 is 2.04 bits per heavy atom. The van der Waals surface area contributed by atoms with Crippen LogP contribution in [0.15, 0.2) is 48.8 Å². The summed E-state index contributed by atoms with van der Waals surface area (Å²) >= 11 is 0. The lowest BCUT2D eigenvalue weighted by Gasteiger charge is -2.18. The zero-order valence-electron chi connectivity index (χ0n) is 14.0. The molecule has 0 fully saturated rings. The lowest BCUT2D eigenvalue weighted by atomic mass is 9.96. The summed E-state index contributed by atoms with van der Waals surface area (Å²) in [5.41, 5.74) is 2.92. The Balaban J connectivity index is 1.67. The Morgan fingerprint density at radius 1 is 1.25 bits per heavy atom. The molecule has 1 aromatic carbocycles. The Bertz CT molecular complexity index is 745. The second-order valence-corrected chi connectivity index (χ2v) is 6.09. The molecule has 1 atom stereocenters. The van der Waals surface area contributed by atoms with Crippen LogP contribution in [0.2, 0.25) is 0 Å². The van der Waals surface area contributed by atoms with Gasteiger partial charge in [0.05, 0.1) is 11.9 Å². The van der Waals surface area contributed by atoms with Crippen molar-refractivity contribution >= 4 is 23.2 Å². The molecule has 2 heterocycles. The zero-order valence-corrected chi connectivity index (χ0v) is 14.0. The number of fused-ring (bicyclic) bond motifs is 1. The maximum absolute atomic E-state index is 12.4. The van der Waals surface area contributed by atoms with Gasteiger partial charge in [-0.05, 0) is 30.2 Å². The van der Waals surface area contributed by atoms with E-state index in [4.69, 9.17) is 0 Å². The molecule has 1 aliphatic rings. The van der Waals surface area contributed by atoms with Crippen LogP contribution in [0.4, 0.5) is 11.4 Å². The molecule has 0 saturated carbocycles. The molecule has 0 radical (unpaired) electrons. The average molecular weight is 323 g/mol. The molecular weight excluding hydrogens is 302 g/mol. The second-order valence-electron chi connectivity index (χ2n) is 6.09. The lowest BCUT2D eigenvalue weighted by Crippen LogP contribution is -2.28. The smallest absolute Gasteiger partial charge is 0.226 e. The first-order valence-corrected chi connectivity index (χ1v) is 8.11. The summed E-state index contributed by atoms with van der Waals surface area (Å²) in [5.74, 6) is 0.307. The maximum Gasteiger partial charge on any atom is 0.226 e. The summed E-state index contributed by atoms with van der Waals surface area (Å²) < 4.78 is 0. The van der Waals surface area contributed by atoms with E-state index in [1.54, 1.807) is 36.2 Å². The third-order valence-electron chi connectivity index (χ3n) is 4.56. The van der Waals surface area contributed by atoms with E-state index >= 15 is 0 Å². The standard InChI is InChI=1S/C19H21N3O2/c1-14(23)22-13-15(17-7-3-4-8-18(17)22)9-10-19(24)21(2)16-6-5-11-20-12-16/h3-8,11-12,15H,9-10,13H2,1-2H3. The SMILES string of the molecule is CC(=O)N1CC(CCC(=O)N(C)c2cccnc2)c2ccccc21. The van der Waals surface area contributed by atoms with Gasteiger partial charge in [-0.1, -0.05) is 18.2 Å². The van der Waals surface area contributed by atoms with E-state index in [-0.39, 0.29) is 17.7 Å². The lowest BCUT2D eigenvalue weighted by molar-refractivity contribution is -0.118. The second kappa shape index (κ2) is 6.83. The van der Waals surface area contributed by atoms with Crippen molar-refractivity contribution in [2.75, 3.05) is 23.4 Å². The van der Waals surface area contributed by atoms with E-state index in [1.165, 1.54) is 0 Å². The topological polar surface area (TPSA) is 53.5 Å². The molecule has 2 aromatic rings. The van der Waals surface area contributed by atoms with Crippen molar-refractivity contribution in [3.05, 3.63) is 54.4 Å². The first-order chi connectivity index (χ1) is 11.6. The summed E-state index contributed by atoms with van der Waals surface area (Å²) in [5, 5.41) is 0. The average Bonchev–Trinajstić information content (AvgIpc) is 2.99. The summed E-state index contributed by atoms with van der Waals surface area (Å²) in [6, 6.07) is 11.6. The molecular formula is C19H21N3O2. The van der Waals surface area contributed by atoms with E-state index in [0.717, 1.165) is 23.4 Å². The zero-order chi connectivity index (χ0) is 17.1. The fourth-order valence-electron chi connectivity index (χ4n) is 3.20. The van der Waals surface area contributed by atoms with Crippen molar-refractivity contribution in [2.45, 2.75) is 25.7 Å². The highest BCUT2D eigenvalue weighted by Crippen LogP contribution is 2.38. The molecule has 0 bridgehead atoms. The molecule has 0 saturated heterocycles. The van der Waals surface area contributed by atoms with Gasteiger partial charge in [0.1, 0.15) is 0 Å². The van der Waals surface area contributed by atoms with Crippen LogP contribution in [0.1, 0.15) is 31.2 Å². The molecule has 124 valence electrons. The number of anilines is 2. The van der Waals surface area contributed by atoms with E-state index in [1.807, 2.05) is 30.3 Å². The van der Waals surface area contributed by atoms with Gasteiger partial charge in [-0.25, -0.2) is 0 Å². The normalized spacial score (nSPS) is 15.9. The number of pyridine rings is 1. The largest absolute Gasteiger partial charge is 0.314 e. The van der Waals surface area contributed by atoms with Crippen molar-refractivity contribution in [3.8, 4) is 0 Å². The monoisotopic (exact) mass is 323 g/mol. The predicted molar refractivity (Wildman–Crippen MR) is 94.1 cm³/mol. The third kappa shape index (κ3) is 3.15. The van der Waals surface area contributed by atoms with Crippen LogP contribution in [0, 0.1) is 0 Å². The van der Waals surface area contributed by atoms with Crippen molar-refractivity contribution in [1.82, 2.24) is 4.98 Å². The van der Waals surface area contributed by atoms with Gasteiger partial charge in [0.2, 0.25) is 11.8 Å². The van der Waals surface area contributed by atoms with E-state index in [2.05, 4.69) is 11.1 Å². The van der Waals surface area contributed by atoms with Crippen LogP contribution in [0.25, 0.3) is 0 Å². The van der Waals surface area contributed by atoms with E-state index in [9.17, 15) is 9.59 Å². The summed E-state index contributed by atoms with van der Waals surface area (Å²) in [7, 11) is 1.77. The molecule has 0 aliphatic carbocycles. The number of carbonyl (C=O) groups excluding carboxylic acids is 2. The van der Waals surface area contributed by atoms with Crippen LogP contribution >= 0.6 is 0 Å². The van der Waals surface area contributed by atoms with Crippen molar-refractivity contribution in [1.29, 1.82) is 0 Å². The van der Waals surface area contributed by atoms with Gasteiger partial charge in [-0.15, -0.1) is 0 Å². The number of hydrogen-bond acceptors (Lipinski definition) is 3. The number of amides is 2. The first-order valence-electron chi connectivity index (χ1n) is 8.11. The molecule has 1 unspecified atom stereocenters. The Labute approximate surface area is 141 Å². The van der Waals surface area contributed by atoms with Crippen LogP contribution in [-0.4, -0.2) is 30.4 Å². The summed E-state index contributed by atoms with van der Waals surface area (Å²) in [4.78, 5) is 31.8. The first kappa shape index (κ1) is 16.2. The minimum Gasteiger partial charge on any atom is -0.314 e. The number of carbonyl (C=O) groups is 2. The highest BCUT2D eigenvalue weighted by Gasteiger charge is 2.30. The van der Waals surface area contributed by atoms with Gasteiger partial charge < -0.3 is 9.80 Å². The molecule has 5 heteroatoms. The highest BCUT2D eigenvalue weighted by molar-refractivity contribution is 5.95. The molecule has 3 rings (SSSR count). The third-order valence-corrected chi connectivity index (χ3v) is 4.56. The minimum absolute atomic E-state index is 0.0451. The quantitative estimate of drug-likeness (QED) is 0.869. The Hall–Kier alpha value is -2.69. The molecule has 24 heavy (non-hydrogen) atoms. The van der Waals surface area contributed by atoms with E-state index in [0.29, 0.717) is 13.0 Å². The minimum atomic E-state index is 0.0451. The number of rotatable bonds is 4. The molecule has 1 aromatic heterocycles. The number of aromatic nitrogens is 1. The van der Waals surface area contributed by atoms with Gasteiger partial charge in [0.25, 0.3) is 0 Å². The molecule has 5 nitrogen and oxygen atoms in total. The number of hydrogen-bond donors (Lipinski definition) is 0. The predicted octanol–water partition coefficient (Wildman–Crippen LogP) is 2.97. The van der Waals surface area contributed by atoms with Crippen LogP contribution < -0.4 is 9.80 Å². The van der Waals surface area contributed by atoms with E-state index < -0.39 is 0 Å². The van der Waals surface area contributed by atoms with Crippen LogP contribution in [-0.2, 0) is 9.59 Å². The van der Waals surface area contributed by atoms with Crippen LogP contribution in [0.3, 0.4) is 0 Å². The summed E-state index contributed by atoms with van der Waals surface area (Å²) in [6.45, 7) is 2.24. The fraction of sp³-hybridized carbons (Fsp3) is 0.316. The van der Waals surface area contributed by atoms with Crippen LogP contribution in [0.5, 0.6) is 0 Å². The maximum atomic E-state index is 12.4. The van der Waals surface area contributed by atoms with Gasteiger partial charge in [-0.3, -0.25) is 14.6 Å². The van der Waals surface area contributed by atoms with Crippen molar-refractivity contribution in [2.24, 2.45) is 0 Å². The Kier molecular flexibility index (Phi) is 4.60. The molecule has 0 N–H and O–H groups in total. The van der Waals surface area contributed by atoms with Crippen molar-refractivity contribution in [3.63, 3.8) is 0 Å². The fourth-order valence-corrected chi connectivity index (χ4v) is 3.20. The van der Waals surface area contributed by atoms with Gasteiger partial charge in [0, 0.05) is 44.7 Å². The number of benzene rings is 1. The highest BCUT2D eigenvalue weighted by atomic mass is 16.2. The molecule has 0 spiro atoms. The molecule has 1 aliphatic heterocycles. The Morgan fingerprint density at radius 3 is 2.75 bits per heavy atom. The van der Waals surface area contributed by atoms with Gasteiger partial charge >= 0.3 is 0 Å². The molecule has 2 amide bonds. The number of para-hydroxylation sites is 1. The van der Waals surface area contributed by atoms with Crippen molar-refractivity contribution < 1.29 is 9.59 Å². The number of nitrogens with zero attached hydrogens (tertiary/aromatic N) is 3. The van der Waals surface area contributed by atoms with Gasteiger partial charge in [-0.2, -0.15) is 0 Å².